The zero-order valence-electron chi connectivity index (χ0n) is 29.8. The fourth-order valence-corrected chi connectivity index (χ4v) is 8.53. The Morgan fingerprint density at radius 3 is 1.62 bits per heavy atom. The second kappa shape index (κ2) is 13.2. The first-order valence-electron chi connectivity index (χ1n) is 18.4. The number of para-hydroxylation sites is 1. The highest BCUT2D eigenvalue weighted by molar-refractivity contribution is 7.26. The van der Waals surface area contributed by atoms with Crippen molar-refractivity contribution in [3.8, 4) is 67.9 Å². The lowest BCUT2D eigenvalue weighted by molar-refractivity contribution is 0.669. The molecule has 0 amide bonds. The van der Waals surface area contributed by atoms with Gasteiger partial charge < -0.3 is 4.42 Å². The van der Waals surface area contributed by atoms with Gasteiger partial charge in [0.05, 0.1) is 15.9 Å². The first-order valence-corrected chi connectivity index (χ1v) is 19.2. The summed E-state index contributed by atoms with van der Waals surface area (Å²) in [5.74, 6) is 2.41. The Morgan fingerprint density at radius 2 is 0.875 bits per heavy atom. The smallest absolute Gasteiger partial charge is 0.164 e. The van der Waals surface area contributed by atoms with Crippen LogP contribution in [0.25, 0.3) is 110 Å². The van der Waals surface area contributed by atoms with Crippen molar-refractivity contribution in [2.45, 2.75) is 0 Å². The van der Waals surface area contributed by atoms with E-state index in [-0.39, 0.29) is 0 Å². The summed E-state index contributed by atoms with van der Waals surface area (Å²) in [7, 11) is 0. The molecule has 7 aromatic carbocycles. The molecule has 6 nitrogen and oxygen atoms in total. The van der Waals surface area contributed by atoms with E-state index in [2.05, 4.69) is 121 Å². The minimum atomic E-state index is 0.573. The van der Waals surface area contributed by atoms with Gasteiger partial charge in [-0.05, 0) is 47.5 Å². The van der Waals surface area contributed by atoms with Crippen molar-refractivity contribution in [1.29, 1.82) is 0 Å². The summed E-state index contributed by atoms with van der Waals surface area (Å²) in [6, 6.07) is 59.9. The lowest BCUT2D eigenvalue weighted by Crippen LogP contribution is -2.00. The number of benzene rings is 7. The number of nitrogens with zero attached hydrogens (tertiary/aromatic N) is 5. The minimum Gasteiger partial charge on any atom is -0.456 e. The number of thiophene rings is 1. The Kier molecular flexibility index (Phi) is 7.57. The van der Waals surface area contributed by atoms with Gasteiger partial charge in [-0.2, -0.15) is 0 Å². The van der Waals surface area contributed by atoms with Crippen molar-refractivity contribution in [2.24, 2.45) is 0 Å². The molecule has 4 aromatic heterocycles. The third kappa shape index (κ3) is 5.61. The largest absolute Gasteiger partial charge is 0.456 e. The van der Waals surface area contributed by atoms with Crippen LogP contribution in [0.4, 0.5) is 0 Å². The number of furan rings is 1. The molecule has 0 unspecified atom stereocenters. The molecular formula is C49H29N5OS. The SMILES string of the molecule is c1ccc(-c2cccc(-c3nc(-c4ccc(-c5nc(-c6ccccc6)c6sc7ccccc7c6n5)cc4)nc(-c4ccc5oc6ccccc6c5c4)n3)c2)cc1. The molecule has 0 aliphatic carbocycles. The highest BCUT2D eigenvalue weighted by atomic mass is 32.1. The topological polar surface area (TPSA) is 77.6 Å². The second-order valence-electron chi connectivity index (χ2n) is 13.7. The Bertz CT molecular complexity index is 3250. The van der Waals surface area contributed by atoms with Gasteiger partial charge in [0.1, 0.15) is 11.2 Å². The van der Waals surface area contributed by atoms with Crippen molar-refractivity contribution < 1.29 is 4.42 Å². The summed E-state index contributed by atoms with van der Waals surface area (Å²) in [5.41, 5.74) is 10.4. The fourth-order valence-electron chi connectivity index (χ4n) is 7.38. The van der Waals surface area contributed by atoms with Crippen molar-refractivity contribution in [3.05, 3.63) is 176 Å². The van der Waals surface area contributed by atoms with Gasteiger partial charge in [-0.25, -0.2) is 24.9 Å². The van der Waals surface area contributed by atoms with Crippen LogP contribution in [0.1, 0.15) is 0 Å². The molecule has 0 N–H and O–H groups in total. The van der Waals surface area contributed by atoms with Crippen molar-refractivity contribution >= 4 is 53.6 Å². The summed E-state index contributed by atoms with van der Waals surface area (Å²) >= 11 is 1.73. The zero-order chi connectivity index (χ0) is 37.0. The number of fused-ring (bicyclic) bond motifs is 6. The van der Waals surface area contributed by atoms with Crippen LogP contribution in [0.15, 0.2) is 180 Å². The second-order valence-corrected chi connectivity index (χ2v) is 14.7. The number of hydrogen-bond donors (Lipinski definition) is 0. The molecule has 262 valence electrons. The van der Waals surface area contributed by atoms with Gasteiger partial charge in [0, 0.05) is 48.7 Å². The van der Waals surface area contributed by atoms with Gasteiger partial charge in [0.2, 0.25) is 0 Å². The van der Waals surface area contributed by atoms with E-state index in [1.54, 1.807) is 11.3 Å². The molecule has 11 aromatic rings. The summed E-state index contributed by atoms with van der Waals surface area (Å²) in [4.78, 5) is 25.6. The highest BCUT2D eigenvalue weighted by Crippen LogP contribution is 2.40. The maximum atomic E-state index is 6.14. The van der Waals surface area contributed by atoms with Crippen LogP contribution in [0.3, 0.4) is 0 Å². The van der Waals surface area contributed by atoms with Crippen LogP contribution in [0.2, 0.25) is 0 Å². The molecule has 0 bridgehead atoms. The quantitative estimate of drug-likeness (QED) is 0.169. The molecule has 0 atom stereocenters. The molecule has 11 rings (SSSR count). The van der Waals surface area contributed by atoms with E-state index in [9.17, 15) is 0 Å². The lowest BCUT2D eigenvalue weighted by Gasteiger charge is -2.10. The van der Waals surface area contributed by atoms with E-state index >= 15 is 0 Å². The third-order valence-corrected chi connectivity index (χ3v) is 11.3. The van der Waals surface area contributed by atoms with E-state index in [1.807, 2.05) is 54.6 Å². The first-order chi connectivity index (χ1) is 27.7. The monoisotopic (exact) mass is 735 g/mol. The molecule has 0 aliphatic rings. The molecule has 0 fully saturated rings. The molecule has 0 spiro atoms. The molecule has 0 saturated carbocycles. The standard InChI is InChI=1S/C49H29N5OS/c1-3-12-30(13-4-1)34-16-11-17-35(28-34)48-52-47(53-49(54-48)36-26-27-41-39(29-36)37-18-7-9-20-40(37)55-41)33-24-22-32(23-25-33)46-50-43(31-14-5-2-6-15-31)45-44(51-46)38-19-8-10-21-42(38)56-45/h1-29H. The molecule has 56 heavy (non-hydrogen) atoms. The summed E-state index contributed by atoms with van der Waals surface area (Å²) in [6.45, 7) is 0. The molecule has 0 radical (unpaired) electrons. The highest BCUT2D eigenvalue weighted by Gasteiger charge is 2.18. The Morgan fingerprint density at radius 1 is 0.339 bits per heavy atom. The predicted octanol–water partition coefficient (Wildman–Crippen LogP) is 12.9. The summed E-state index contributed by atoms with van der Waals surface area (Å²) in [6.07, 6.45) is 0. The normalized spacial score (nSPS) is 11.6. The average molecular weight is 736 g/mol. The third-order valence-electron chi connectivity index (χ3n) is 10.2. The van der Waals surface area contributed by atoms with Crippen LogP contribution < -0.4 is 0 Å². The lowest BCUT2D eigenvalue weighted by atomic mass is 10.0. The number of rotatable bonds is 6. The van der Waals surface area contributed by atoms with E-state index in [4.69, 9.17) is 29.3 Å². The first kappa shape index (κ1) is 32.1. The van der Waals surface area contributed by atoms with E-state index in [1.165, 1.54) is 4.70 Å². The van der Waals surface area contributed by atoms with E-state index in [0.717, 1.165) is 82.2 Å². The van der Waals surface area contributed by atoms with Crippen LogP contribution in [0.5, 0.6) is 0 Å². The van der Waals surface area contributed by atoms with Gasteiger partial charge in [0.25, 0.3) is 0 Å². The Balaban J connectivity index is 1.05. The van der Waals surface area contributed by atoms with E-state index < -0.39 is 0 Å². The zero-order valence-corrected chi connectivity index (χ0v) is 30.6. The summed E-state index contributed by atoms with van der Waals surface area (Å²) in [5, 5.41) is 3.20. The molecule has 0 aliphatic heterocycles. The van der Waals surface area contributed by atoms with E-state index in [0.29, 0.717) is 23.3 Å². The van der Waals surface area contributed by atoms with Gasteiger partial charge in [0.15, 0.2) is 23.3 Å². The predicted molar refractivity (Wildman–Crippen MR) is 228 cm³/mol. The Labute approximate surface area is 325 Å². The fraction of sp³-hybridized carbons (Fsp3) is 0. The van der Waals surface area contributed by atoms with Crippen molar-refractivity contribution in [3.63, 3.8) is 0 Å². The number of aromatic nitrogens is 5. The summed E-state index contributed by atoms with van der Waals surface area (Å²) < 4.78 is 8.42. The minimum absolute atomic E-state index is 0.573. The van der Waals surface area contributed by atoms with Gasteiger partial charge >= 0.3 is 0 Å². The van der Waals surface area contributed by atoms with Crippen molar-refractivity contribution in [2.75, 3.05) is 0 Å². The van der Waals surface area contributed by atoms with Crippen LogP contribution in [-0.2, 0) is 0 Å². The van der Waals surface area contributed by atoms with Gasteiger partial charge in [-0.1, -0.05) is 140 Å². The number of hydrogen-bond acceptors (Lipinski definition) is 7. The van der Waals surface area contributed by atoms with Gasteiger partial charge in [-0.15, -0.1) is 11.3 Å². The van der Waals surface area contributed by atoms with Crippen LogP contribution in [-0.4, -0.2) is 24.9 Å². The molecule has 0 saturated heterocycles. The average Bonchev–Trinajstić information content (AvgIpc) is 3.85. The molecule has 4 heterocycles. The van der Waals surface area contributed by atoms with Crippen LogP contribution >= 0.6 is 11.3 Å². The Hall–Kier alpha value is -7.35. The van der Waals surface area contributed by atoms with Crippen molar-refractivity contribution in [1.82, 2.24) is 24.9 Å². The van der Waals surface area contributed by atoms with Crippen LogP contribution in [0, 0.1) is 0 Å². The molecule has 7 heteroatoms. The maximum absolute atomic E-state index is 6.14. The maximum Gasteiger partial charge on any atom is 0.164 e. The van der Waals surface area contributed by atoms with Gasteiger partial charge in [-0.3, -0.25) is 0 Å². The molecular weight excluding hydrogens is 707 g/mol.